The number of nitrogens with one attached hydrogen (secondary N) is 2. The molecule has 1 saturated carbocycles. The molecular formula is C21H39N7S. The molecule has 2 fully saturated rings. The maximum absolute atomic E-state index is 4.50. The molecule has 7 nitrogen and oxygen atoms in total. The minimum Gasteiger partial charge on any atom is -0.356 e. The smallest absolute Gasteiger partial charge is 0.191 e. The molecule has 29 heavy (non-hydrogen) atoms. The Morgan fingerprint density at radius 2 is 1.90 bits per heavy atom. The van der Waals surface area contributed by atoms with Gasteiger partial charge in [-0.2, -0.15) is 0 Å². The third-order valence-electron chi connectivity index (χ3n) is 6.30. The highest BCUT2D eigenvalue weighted by Gasteiger charge is 2.24. The number of piperidine rings is 1. The van der Waals surface area contributed by atoms with Crippen molar-refractivity contribution < 1.29 is 0 Å². The summed E-state index contributed by atoms with van der Waals surface area (Å²) in [6.45, 7) is 7.80. The van der Waals surface area contributed by atoms with Crippen molar-refractivity contribution in [3.8, 4) is 0 Å². The molecule has 3 rings (SSSR count). The van der Waals surface area contributed by atoms with Gasteiger partial charge < -0.3 is 20.1 Å². The van der Waals surface area contributed by atoms with Gasteiger partial charge in [0, 0.05) is 51.2 Å². The second-order valence-electron chi connectivity index (χ2n) is 8.56. The van der Waals surface area contributed by atoms with Gasteiger partial charge in [-0.15, -0.1) is 10.2 Å². The fourth-order valence-corrected chi connectivity index (χ4v) is 5.12. The van der Waals surface area contributed by atoms with Crippen LogP contribution in [-0.4, -0.2) is 70.6 Å². The highest BCUT2D eigenvalue weighted by atomic mass is 32.2. The van der Waals surface area contributed by atoms with Crippen LogP contribution in [0.1, 0.15) is 70.7 Å². The van der Waals surface area contributed by atoms with E-state index in [2.05, 4.69) is 55.4 Å². The lowest BCUT2D eigenvalue weighted by Crippen LogP contribution is -2.50. The molecule has 0 atom stereocenters. The molecule has 1 aliphatic heterocycles. The van der Waals surface area contributed by atoms with Crippen LogP contribution in [0.2, 0.25) is 0 Å². The summed E-state index contributed by atoms with van der Waals surface area (Å²) in [6, 6.07) is 1.76. The Morgan fingerprint density at radius 1 is 1.17 bits per heavy atom. The lowest BCUT2D eigenvalue weighted by Gasteiger charge is -2.35. The van der Waals surface area contributed by atoms with Crippen LogP contribution in [-0.2, 0) is 6.42 Å². The molecule has 8 heteroatoms. The van der Waals surface area contributed by atoms with E-state index in [1.54, 1.807) is 11.8 Å². The molecule has 0 bridgehead atoms. The topological polar surface area (TPSA) is 70.4 Å². The minimum absolute atomic E-state index is 0.519. The molecule has 0 aromatic carbocycles. The van der Waals surface area contributed by atoms with E-state index in [0.717, 1.165) is 36.3 Å². The first-order valence-corrected chi connectivity index (χ1v) is 12.5. The first-order chi connectivity index (χ1) is 14.1. The Kier molecular flexibility index (Phi) is 8.66. The van der Waals surface area contributed by atoms with Crippen LogP contribution in [0.5, 0.6) is 0 Å². The molecule has 1 aliphatic carbocycles. The van der Waals surface area contributed by atoms with Crippen LogP contribution in [0.3, 0.4) is 0 Å². The summed E-state index contributed by atoms with van der Waals surface area (Å²) < 4.78 is 2.41. The number of thioether (sulfide) groups is 1. The third kappa shape index (κ3) is 6.10. The summed E-state index contributed by atoms with van der Waals surface area (Å²) in [5.74, 6) is 2.07. The van der Waals surface area contributed by atoms with E-state index in [1.807, 2.05) is 7.05 Å². The van der Waals surface area contributed by atoms with Crippen LogP contribution in [0.15, 0.2) is 10.1 Å². The van der Waals surface area contributed by atoms with Crippen molar-refractivity contribution in [1.82, 2.24) is 30.3 Å². The Hall–Kier alpha value is -1.28. The zero-order chi connectivity index (χ0) is 20.6. The van der Waals surface area contributed by atoms with Crippen molar-refractivity contribution >= 4 is 17.7 Å². The molecular weight excluding hydrogens is 382 g/mol. The minimum atomic E-state index is 0.519. The van der Waals surface area contributed by atoms with Gasteiger partial charge >= 0.3 is 0 Å². The highest BCUT2D eigenvalue weighted by molar-refractivity contribution is 7.98. The van der Waals surface area contributed by atoms with Crippen molar-refractivity contribution in [2.75, 3.05) is 32.9 Å². The number of nitrogens with zero attached hydrogens (tertiary/aromatic N) is 5. The van der Waals surface area contributed by atoms with Gasteiger partial charge in [-0.3, -0.25) is 4.99 Å². The van der Waals surface area contributed by atoms with Gasteiger partial charge in [0.2, 0.25) is 0 Å². The molecule has 1 aromatic heterocycles. The van der Waals surface area contributed by atoms with Crippen molar-refractivity contribution in [3.05, 3.63) is 5.82 Å². The largest absolute Gasteiger partial charge is 0.356 e. The Bertz CT molecular complexity index is 643. The predicted octanol–water partition coefficient (Wildman–Crippen LogP) is 3.09. The van der Waals surface area contributed by atoms with Crippen LogP contribution in [0, 0.1) is 0 Å². The van der Waals surface area contributed by atoms with E-state index in [1.165, 1.54) is 51.6 Å². The van der Waals surface area contributed by atoms with Crippen LogP contribution in [0.25, 0.3) is 0 Å². The summed E-state index contributed by atoms with van der Waals surface area (Å²) in [6.07, 6.45) is 11.6. The normalized spacial score (nSPS) is 20.0. The fourth-order valence-electron chi connectivity index (χ4n) is 4.55. The molecule has 1 saturated heterocycles. The maximum atomic E-state index is 4.50. The van der Waals surface area contributed by atoms with Gasteiger partial charge in [-0.1, -0.05) is 24.6 Å². The van der Waals surface area contributed by atoms with E-state index in [-0.39, 0.29) is 0 Å². The summed E-state index contributed by atoms with van der Waals surface area (Å²) in [4.78, 5) is 6.98. The standard InChI is InChI=1S/C21H39N7S/c1-16(2)27-14-11-17(12-15-27)24-20(22-3)23-13-7-10-19-25-26-21(29-4)28(19)18-8-5-6-9-18/h16-18H,5-15H2,1-4H3,(H2,22,23,24). The van der Waals surface area contributed by atoms with Crippen LogP contribution < -0.4 is 10.6 Å². The highest BCUT2D eigenvalue weighted by Crippen LogP contribution is 2.33. The first-order valence-electron chi connectivity index (χ1n) is 11.3. The van der Waals surface area contributed by atoms with E-state index >= 15 is 0 Å². The van der Waals surface area contributed by atoms with Crippen LogP contribution >= 0.6 is 11.8 Å². The zero-order valence-corrected chi connectivity index (χ0v) is 19.5. The average Bonchev–Trinajstić information content (AvgIpc) is 3.39. The van der Waals surface area contributed by atoms with Gasteiger partial charge in [0.25, 0.3) is 0 Å². The van der Waals surface area contributed by atoms with Crippen LogP contribution in [0.4, 0.5) is 0 Å². The van der Waals surface area contributed by atoms with Crippen molar-refractivity contribution in [2.45, 2.75) is 88.5 Å². The molecule has 164 valence electrons. The summed E-state index contributed by atoms with van der Waals surface area (Å²) in [5, 5.41) is 17.1. The van der Waals surface area contributed by atoms with Gasteiger partial charge in [-0.25, -0.2) is 0 Å². The zero-order valence-electron chi connectivity index (χ0n) is 18.7. The molecule has 2 aliphatic rings. The Morgan fingerprint density at radius 3 is 2.52 bits per heavy atom. The number of aliphatic imine (C=N–C) groups is 1. The quantitative estimate of drug-likeness (QED) is 0.291. The van der Waals surface area contributed by atoms with Crippen molar-refractivity contribution in [3.63, 3.8) is 0 Å². The number of aryl methyl sites for hydroxylation is 1. The van der Waals surface area contributed by atoms with Gasteiger partial charge in [-0.05, 0) is 52.2 Å². The number of aromatic nitrogens is 3. The fraction of sp³-hybridized carbons (Fsp3) is 0.857. The summed E-state index contributed by atoms with van der Waals surface area (Å²) >= 11 is 1.71. The third-order valence-corrected chi connectivity index (χ3v) is 6.94. The number of hydrogen-bond donors (Lipinski definition) is 2. The average molecular weight is 422 g/mol. The summed E-state index contributed by atoms with van der Waals surface area (Å²) in [7, 11) is 1.86. The van der Waals surface area contributed by atoms with E-state index < -0.39 is 0 Å². The maximum Gasteiger partial charge on any atom is 0.191 e. The second kappa shape index (κ2) is 11.2. The molecule has 2 N–H and O–H groups in total. The van der Waals surface area contributed by atoms with E-state index in [9.17, 15) is 0 Å². The number of hydrogen-bond acceptors (Lipinski definition) is 5. The molecule has 0 spiro atoms. The SMILES string of the molecule is CN=C(NCCCc1nnc(SC)n1C1CCCC1)NC1CCN(C(C)C)CC1. The van der Waals surface area contributed by atoms with Gasteiger partial charge in [0.1, 0.15) is 5.82 Å². The Balaban J connectivity index is 1.42. The molecule has 0 radical (unpaired) electrons. The second-order valence-corrected chi connectivity index (χ2v) is 9.34. The molecule has 1 aromatic rings. The molecule has 0 unspecified atom stereocenters. The van der Waals surface area contributed by atoms with Crippen molar-refractivity contribution in [1.29, 1.82) is 0 Å². The van der Waals surface area contributed by atoms with E-state index in [4.69, 9.17) is 0 Å². The van der Waals surface area contributed by atoms with E-state index in [0.29, 0.717) is 18.1 Å². The number of rotatable bonds is 8. The van der Waals surface area contributed by atoms with Crippen molar-refractivity contribution in [2.24, 2.45) is 4.99 Å². The first kappa shape index (κ1) is 22.4. The lowest BCUT2D eigenvalue weighted by molar-refractivity contribution is 0.167. The Labute approximate surface area is 180 Å². The predicted molar refractivity (Wildman–Crippen MR) is 122 cm³/mol. The van der Waals surface area contributed by atoms with Gasteiger partial charge in [0.05, 0.1) is 0 Å². The lowest BCUT2D eigenvalue weighted by atomic mass is 10.0. The molecule has 0 amide bonds. The van der Waals surface area contributed by atoms with Gasteiger partial charge in [0.15, 0.2) is 11.1 Å². The molecule has 2 heterocycles. The monoisotopic (exact) mass is 421 g/mol. The summed E-state index contributed by atoms with van der Waals surface area (Å²) in [5.41, 5.74) is 0. The number of guanidine groups is 1. The number of likely N-dealkylation sites (tertiary alicyclic amines) is 1.